The van der Waals surface area contributed by atoms with Crippen molar-refractivity contribution in [1.29, 1.82) is 0 Å². The Hall–Kier alpha value is -2.80. The van der Waals surface area contributed by atoms with Gasteiger partial charge in [-0.15, -0.1) is 0 Å². The van der Waals surface area contributed by atoms with Gasteiger partial charge in [0.25, 0.3) is 0 Å². The molecule has 0 atom stereocenters. The Bertz CT molecular complexity index is 916. The Labute approximate surface area is 137 Å². The number of nitrogens with one attached hydrogen (secondary N) is 1. The van der Waals surface area contributed by atoms with Crippen LogP contribution in [0.15, 0.2) is 53.6 Å². The largest absolute Gasteiger partial charge is 0.497 e. The lowest BCUT2D eigenvalue weighted by Gasteiger charge is -2.04. The van der Waals surface area contributed by atoms with E-state index in [1.54, 1.807) is 25.3 Å². The van der Waals surface area contributed by atoms with Crippen molar-refractivity contribution in [2.24, 2.45) is 5.10 Å². The Morgan fingerprint density at radius 2 is 2.09 bits per heavy atom. The number of H-pyrrole nitrogens is 1. The van der Waals surface area contributed by atoms with Gasteiger partial charge in [0.15, 0.2) is 5.82 Å². The van der Waals surface area contributed by atoms with Gasteiger partial charge >= 0.3 is 0 Å². The van der Waals surface area contributed by atoms with Gasteiger partial charge in [0.2, 0.25) is 4.77 Å². The first-order valence-corrected chi connectivity index (χ1v) is 7.20. The molecule has 1 heterocycles. The summed E-state index contributed by atoms with van der Waals surface area (Å²) in [5.74, 6) is 0.858. The lowest BCUT2D eigenvalue weighted by molar-refractivity contribution is 0.415. The first-order chi connectivity index (χ1) is 11.2. The number of rotatable bonds is 4. The summed E-state index contributed by atoms with van der Waals surface area (Å²) >= 11 is 5.19. The van der Waals surface area contributed by atoms with E-state index in [4.69, 9.17) is 17.0 Å². The summed E-state index contributed by atoms with van der Waals surface area (Å²) in [4.78, 5) is 0. The number of hydrogen-bond donors (Lipinski definition) is 1. The molecule has 0 spiro atoms. The molecule has 0 aliphatic carbocycles. The third-order valence-corrected chi connectivity index (χ3v) is 3.46. The molecule has 7 heteroatoms. The minimum absolute atomic E-state index is 0.315. The first-order valence-electron chi connectivity index (χ1n) is 6.80. The number of aromatic nitrogens is 3. The number of halogens is 1. The predicted octanol–water partition coefficient (Wildman–Crippen LogP) is 3.64. The first kappa shape index (κ1) is 15.1. The van der Waals surface area contributed by atoms with Crippen LogP contribution < -0.4 is 4.74 Å². The van der Waals surface area contributed by atoms with Gasteiger partial charge in [-0.1, -0.05) is 30.3 Å². The zero-order chi connectivity index (χ0) is 16.2. The Morgan fingerprint density at radius 3 is 2.87 bits per heavy atom. The molecule has 1 aromatic heterocycles. The van der Waals surface area contributed by atoms with Crippen LogP contribution in [0.1, 0.15) is 5.56 Å². The highest BCUT2D eigenvalue weighted by Crippen LogP contribution is 2.22. The molecule has 116 valence electrons. The molecule has 1 N–H and O–H groups in total. The molecule has 2 aromatic carbocycles. The van der Waals surface area contributed by atoms with Crippen LogP contribution in [-0.4, -0.2) is 28.2 Å². The smallest absolute Gasteiger partial charge is 0.216 e. The highest BCUT2D eigenvalue weighted by Gasteiger charge is 2.09. The average Bonchev–Trinajstić information content (AvgIpc) is 2.95. The number of methoxy groups -OCH3 is 1. The Kier molecular flexibility index (Phi) is 4.29. The molecule has 5 nitrogen and oxygen atoms in total. The van der Waals surface area contributed by atoms with Gasteiger partial charge in [-0.3, -0.25) is 0 Å². The van der Waals surface area contributed by atoms with Crippen molar-refractivity contribution in [2.45, 2.75) is 0 Å². The van der Waals surface area contributed by atoms with E-state index in [-0.39, 0.29) is 5.82 Å². The number of ether oxygens (including phenoxy) is 1. The van der Waals surface area contributed by atoms with Crippen LogP contribution >= 0.6 is 12.2 Å². The van der Waals surface area contributed by atoms with Crippen molar-refractivity contribution in [3.05, 3.63) is 64.7 Å². The lowest BCUT2D eigenvalue weighted by Crippen LogP contribution is -1.96. The fourth-order valence-corrected chi connectivity index (χ4v) is 2.23. The second-order valence-corrected chi connectivity index (χ2v) is 5.05. The Morgan fingerprint density at radius 1 is 1.26 bits per heavy atom. The molecule has 0 radical (unpaired) electrons. The van der Waals surface area contributed by atoms with Gasteiger partial charge in [-0.2, -0.15) is 14.9 Å². The van der Waals surface area contributed by atoms with Crippen LogP contribution in [0, 0.1) is 10.6 Å². The molecule has 0 aliphatic heterocycles. The zero-order valence-electron chi connectivity index (χ0n) is 12.2. The molecule has 0 saturated carbocycles. The van der Waals surface area contributed by atoms with Crippen LogP contribution in [0.5, 0.6) is 5.75 Å². The average molecular weight is 328 g/mol. The third-order valence-electron chi connectivity index (χ3n) is 3.20. The zero-order valence-corrected chi connectivity index (χ0v) is 13.0. The summed E-state index contributed by atoms with van der Waals surface area (Å²) in [6, 6.07) is 13.7. The summed E-state index contributed by atoms with van der Waals surface area (Å²) in [5, 5.41) is 11.1. The van der Waals surface area contributed by atoms with Gasteiger partial charge in [0.1, 0.15) is 11.6 Å². The van der Waals surface area contributed by atoms with Crippen molar-refractivity contribution in [3.63, 3.8) is 0 Å². The van der Waals surface area contributed by atoms with E-state index < -0.39 is 0 Å². The normalized spacial score (nSPS) is 11.0. The third kappa shape index (κ3) is 3.19. The van der Waals surface area contributed by atoms with E-state index in [2.05, 4.69) is 15.3 Å². The SMILES string of the molecule is COc1cccc(-c2n[nH]c(=S)n2N=Cc2ccccc2F)c1. The van der Waals surface area contributed by atoms with Crippen molar-refractivity contribution >= 4 is 18.4 Å². The molecule has 0 fully saturated rings. The van der Waals surface area contributed by atoms with E-state index >= 15 is 0 Å². The van der Waals surface area contributed by atoms with E-state index in [0.29, 0.717) is 21.9 Å². The maximum absolute atomic E-state index is 13.7. The van der Waals surface area contributed by atoms with Crippen LogP contribution in [-0.2, 0) is 0 Å². The summed E-state index contributed by atoms with van der Waals surface area (Å²) in [7, 11) is 1.59. The molecule has 0 saturated heterocycles. The molecule has 3 rings (SSSR count). The second kappa shape index (κ2) is 6.53. The molecule has 3 aromatic rings. The van der Waals surface area contributed by atoms with E-state index in [1.807, 2.05) is 24.3 Å². The van der Waals surface area contributed by atoms with E-state index in [9.17, 15) is 4.39 Å². The highest BCUT2D eigenvalue weighted by molar-refractivity contribution is 7.71. The topological polar surface area (TPSA) is 55.2 Å². The molecular weight excluding hydrogens is 315 g/mol. The van der Waals surface area contributed by atoms with Crippen LogP contribution in [0.25, 0.3) is 11.4 Å². The van der Waals surface area contributed by atoms with Crippen LogP contribution in [0.2, 0.25) is 0 Å². The molecule has 0 unspecified atom stereocenters. The van der Waals surface area contributed by atoms with Crippen molar-refractivity contribution in [3.8, 4) is 17.1 Å². The Balaban J connectivity index is 2.02. The quantitative estimate of drug-likeness (QED) is 0.588. The maximum Gasteiger partial charge on any atom is 0.216 e. The maximum atomic E-state index is 13.7. The lowest BCUT2D eigenvalue weighted by atomic mass is 10.2. The summed E-state index contributed by atoms with van der Waals surface area (Å²) in [5.41, 5.74) is 1.15. The summed E-state index contributed by atoms with van der Waals surface area (Å²) in [6.07, 6.45) is 1.41. The number of benzene rings is 2. The monoisotopic (exact) mass is 328 g/mol. The molecule has 23 heavy (non-hydrogen) atoms. The summed E-state index contributed by atoms with van der Waals surface area (Å²) < 4.78 is 20.6. The van der Waals surface area contributed by atoms with Gasteiger partial charge in [0.05, 0.1) is 13.3 Å². The minimum Gasteiger partial charge on any atom is -0.497 e. The van der Waals surface area contributed by atoms with E-state index in [0.717, 1.165) is 5.56 Å². The molecule has 0 aliphatic rings. The van der Waals surface area contributed by atoms with Gasteiger partial charge in [-0.25, -0.2) is 9.49 Å². The van der Waals surface area contributed by atoms with Crippen molar-refractivity contribution in [1.82, 2.24) is 14.9 Å². The number of nitrogens with zero attached hydrogens (tertiary/aromatic N) is 3. The van der Waals surface area contributed by atoms with Crippen LogP contribution in [0.4, 0.5) is 4.39 Å². The predicted molar refractivity (Wildman–Crippen MR) is 88.8 cm³/mol. The minimum atomic E-state index is -0.353. The van der Waals surface area contributed by atoms with Gasteiger partial charge in [-0.05, 0) is 30.4 Å². The van der Waals surface area contributed by atoms with Crippen molar-refractivity contribution in [2.75, 3.05) is 7.11 Å². The van der Waals surface area contributed by atoms with Crippen molar-refractivity contribution < 1.29 is 9.13 Å². The number of hydrogen-bond acceptors (Lipinski definition) is 4. The summed E-state index contributed by atoms with van der Waals surface area (Å²) in [6.45, 7) is 0. The molecule has 0 amide bonds. The van der Waals surface area contributed by atoms with Crippen LogP contribution in [0.3, 0.4) is 0 Å². The number of aromatic amines is 1. The molecule has 0 bridgehead atoms. The molecular formula is C16H13FN4OS. The van der Waals surface area contributed by atoms with Gasteiger partial charge in [0, 0.05) is 11.1 Å². The second-order valence-electron chi connectivity index (χ2n) is 4.66. The fourth-order valence-electron chi connectivity index (χ4n) is 2.05. The van der Waals surface area contributed by atoms with E-state index in [1.165, 1.54) is 17.0 Å². The highest BCUT2D eigenvalue weighted by atomic mass is 32.1. The van der Waals surface area contributed by atoms with Gasteiger partial charge < -0.3 is 4.74 Å². The standard InChI is InChI=1S/C16H13FN4OS/c1-22-13-7-4-6-11(9-13)15-19-20-16(23)21(15)18-10-12-5-2-3-8-14(12)17/h2-10H,1H3,(H,20,23). The fraction of sp³-hybridized carbons (Fsp3) is 0.0625.